The van der Waals surface area contributed by atoms with Gasteiger partial charge in [0.2, 0.25) is 0 Å². The van der Waals surface area contributed by atoms with E-state index in [0.29, 0.717) is 0 Å². The largest absolute Gasteiger partial charge is 0.378 e. The van der Waals surface area contributed by atoms with Crippen molar-refractivity contribution in [3.05, 3.63) is 94.3 Å². The Balaban J connectivity index is 1.28. The molecular weight excluding hydrogens is 528 g/mol. The molecule has 6 rings (SSSR count). The molecule has 0 N–H and O–H groups in total. The quantitative estimate of drug-likeness (QED) is 0.166. The summed E-state index contributed by atoms with van der Waals surface area (Å²) in [4.78, 5) is 10.6. The van der Waals surface area contributed by atoms with Gasteiger partial charge < -0.3 is 14.5 Å². The van der Waals surface area contributed by atoms with E-state index in [1.807, 2.05) is 42.2 Å². The Morgan fingerprint density at radius 1 is 0.951 bits per heavy atom. The smallest absolute Gasteiger partial charge is 0.194 e. The summed E-state index contributed by atoms with van der Waals surface area (Å²) < 4.78 is 7.74. The van der Waals surface area contributed by atoms with Gasteiger partial charge in [0.15, 0.2) is 4.96 Å². The molecule has 1 saturated heterocycles. The molecule has 1 aliphatic carbocycles. The highest BCUT2D eigenvalue weighted by Gasteiger charge is 2.25. The molecule has 2 aromatic heterocycles. The van der Waals surface area contributed by atoms with E-state index in [-0.39, 0.29) is 0 Å². The van der Waals surface area contributed by atoms with E-state index in [4.69, 9.17) is 9.72 Å². The van der Waals surface area contributed by atoms with E-state index < -0.39 is 0 Å². The van der Waals surface area contributed by atoms with Gasteiger partial charge in [-0.2, -0.15) is 10.2 Å². The Morgan fingerprint density at radius 2 is 1.71 bits per heavy atom. The summed E-state index contributed by atoms with van der Waals surface area (Å²) >= 11 is 1.62. The van der Waals surface area contributed by atoms with E-state index in [9.17, 15) is 0 Å². The number of benzene rings is 2. The molecule has 7 nitrogen and oxygen atoms in total. The third kappa shape index (κ3) is 5.89. The minimum atomic E-state index is 0.748. The van der Waals surface area contributed by atoms with E-state index in [1.165, 1.54) is 28.1 Å². The second kappa shape index (κ2) is 12.7. The molecule has 0 bridgehead atoms. The van der Waals surface area contributed by atoms with Crippen LogP contribution in [-0.2, 0) is 4.74 Å². The van der Waals surface area contributed by atoms with Gasteiger partial charge >= 0.3 is 0 Å². The fourth-order valence-corrected chi connectivity index (χ4v) is 6.39. The van der Waals surface area contributed by atoms with Gasteiger partial charge in [0.25, 0.3) is 0 Å². The predicted molar refractivity (Wildman–Crippen MR) is 171 cm³/mol. The Labute approximate surface area is 245 Å². The van der Waals surface area contributed by atoms with E-state index >= 15 is 0 Å². The van der Waals surface area contributed by atoms with Gasteiger partial charge in [-0.15, -0.1) is 11.3 Å². The number of imidazole rings is 1. The Kier molecular flexibility index (Phi) is 8.39. The molecule has 0 atom stereocenters. The van der Waals surface area contributed by atoms with Crippen LogP contribution in [0.15, 0.2) is 93.2 Å². The first-order chi connectivity index (χ1) is 20.2. The lowest BCUT2D eigenvalue weighted by Gasteiger charge is -2.31. The first kappa shape index (κ1) is 27.2. The normalized spacial score (nSPS) is 17.2. The molecule has 0 amide bonds. The van der Waals surface area contributed by atoms with Gasteiger partial charge in [0.1, 0.15) is 0 Å². The number of nitrogens with zero attached hydrogens (tertiary/aromatic N) is 6. The molecule has 210 valence electrons. The number of morpholine rings is 1. The second-order valence-electron chi connectivity index (χ2n) is 10.2. The van der Waals surface area contributed by atoms with Crippen LogP contribution in [0.25, 0.3) is 22.3 Å². The number of fused-ring (bicyclic) bond motifs is 1. The Hall–Kier alpha value is -4.01. The molecule has 41 heavy (non-hydrogen) atoms. The summed E-state index contributed by atoms with van der Waals surface area (Å²) in [5.41, 5.74) is 9.30. The molecule has 0 spiro atoms. The fraction of sp³-hybridized carbons (Fsp3) is 0.303. The van der Waals surface area contributed by atoms with Gasteiger partial charge in [-0.3, -0.25) is 4.40 Å². The molecule has 1 aliphatic heterocycles. The van der Waals surface area contributed by atoms with Gasteiger partial charge in [-0.25, -0.2) is 4.98 Å². The van der Waals surface area contributed by atoms with Crippen molar-refractivity contribution in [2.24, 2.45) is 10.2 Å². The van der Waals surface area contributed by atoms with Gasteiger partial charge in [-0.05, 0) is 61.6 Å². The van der Waals surface area contributed by atoms with Crippen LogP contribution in [0.1, 0.15) is 37.9 Å². The van der Waals surface area contributed by atoms with Crippen LogP contribution in [0.5, 0.6) is 0 Å². The zero-order valence-electron chi connectivity index (χ0n) is 23.7. The summed E-state index contributed by atoms with van der Waals surface area (Å²) in [7, 11) is 0. The molecule has 0 unspecified atom stereocenters. The van der Waals surface area contributed by atoms with Crippen LogP contribution in [0.2, 0.25) is 0 Å². The minimum absolute atomic E-state index is 0.748. The highest BCUT2D eigenvalue weighted by Crippen LogP contribution is 2.35. The molecule has 4 aromatic rings. The highest BCUT2D eigenvalue weighted by molar-refractivity contribution is 7.15. The number of hydrogen-bond acceptors (Lipinski definition) is 7. The SMILES string of the molecule is CCN(CC)c1ccc(C=C2CCC(C=NN=Cc3c(-c4ccccc4)nc4sccn34)=C2N2CCOCC2)cc1. The van der Waals surface area contributed by atoms with Gasteiger partial charge in [-0.1, -0.05) is 42.5 Å². The molecule has 2 aromatic carbocycles. The summed E-state index contributed by atoms with van der Waals surface area (Å²) in [6.07, 6.45) is 10.1. The number of anilines is 1. The third-order valence-corrected chi connectivity index (χ3v) is 8.53. The molecule has 3 heterocycles. The molecule has 0 radical (unpaired) electrons. The summed E-state index contributed by atoms with van der Waals surface area (Å²) in [5.74, 6) is 0. The van der Waals surface area contributed by atoms with Crippen molar-refractivity contribution in [2.75, 3.05) is 44.3 Å². The number of hydrogen-bond donors (Lipinski definition) is 0. The zero-order chi connectivity index (χ0) is 28.0. The zero-order valence-corrected chi connectivity index (χ0v) is 24.6. The lowest BCUT2D eigenvalue weighted by atomic mass is 10.1. The first-order valence-corrected chi connectivity index (χ1v) is 15.3. The lowest BCUT2D eigenvalue weighted by molar-refractivity contribution is 0.0548. The monoisotopic (exact) mass is 564 g/mol. The van der Waals surface area contributed by atoms with E-state index in [2.05, 4.69) is 80.7 Å². The summed E-state index contributed by atoms with van der Waals surface area (Å²) in [6.45, 7) is 9.70. The molecule has 1 fully saturated rings. The van der Waals surface area contributed by atoms with Gasteiger partial charge in [0, 0.05) is 54.7 Å². The summed E-state index contributed by atoms with van der Waals surface area (Å²) in [5, 5.41) is 11.1. The maximum atomic E-state index is 5.67. The van der Waals surface area contributed by atoms with Gasteiger partial charge in [0.05, 0.1) is 37.0 Å². The van der Waals surface area contributed by atoms with Crippen LogP contribution in [0.3, 0.4) is 0 Å². The van der Waals surface area contributed by atoms with Crippen molar-refractivity contribution in [2.45, 2.75) is 26.7 Å². The predicted octanol–water partition coefficient (Wildman–Crippen LogP) is 6.78. The fourth-order valence-electron chi connectivity index (χ4n) is 5.67. The average molecular weight is 565 g/mol. The van der Waals surface area contributed by atoms with Crippen LogP contribution < -0.4 is 4.90 Å². The summed E-state index contributed by atoms with van der Waals surface area (Å²) in [6, 6.07) is 19.2. The van der Waals surface area contributed by atoms with Crippen LogP contribution in [-0.4, -0.2) is 66.1 Å². The number of thiazole rings is 1. The highest BCUT2D eigenvalue weighted by atomic mass is 32.1. The van der Waals surface area contributed by atoms with Crippen molar-refractivity contribution < 1.29 is 4.74 Å². The van der Waals surface area contributed by atoms with Crippen LogP contribution >= 0.6 is 11.3 Å². The second-order valence-corrected chi connectivity index (χ2v) is 11.0. The molecule has 2 aliphatic rings. The lowest BCUT2D eigenvalue weighted by Crippen LogP contribution is -2.36. The standard InChI is InChI=1S/C33H36N6OS/c1-3-37(4-2)29-14-10-25(11-15-29)22-27-12-13-28(32(27)38-16-19-40-20-17-38)23-34-35-24-30-31(26-8-6-5-7-9-26)36-33-39(30)18-21-41-33/h5-11,14-15,18,21-24H,3-4,12-13,16-17,19-20H2,1-2H3. The number of allylic oxidation sites excluding steroid dienone is 2. The molecule has 8 heteroatoms. The van der Waals surface area contributed by atoms with Crippen LogP contribution in [0, 0.1) is 0 Å². The van der Waals surface area contributed by atoms with Crippen molar-refractivity contribution in [1.82, 2.24) is 14.3 Å². The first-order valence-electron chi connectivity index (χ1n) is 14.4. The third-order valence-electron chi connectivity index (χ3n) is 7.77. The van der Waals surface area contributed by atoms with Crippen molar-refractivity contribution in [3.63, 3.8) is 0 Å². The number of ether oxygens (including phenoxy) is 1. The number of aromatic nitrogens is 2. The Bertz CT molecular complexity index is 1590. The number of rotatable bonds is 9. The van der Waals surface area contributed by atoms with Crippen molar-refractivity contribution in [3.8, 4) is 11.3 Å². The molecule has 0 saturated carbocycles. The van der Waals surface area contributed by atoms with E-state index in [1.54, 1.807) is 11.3 Å². The van der Waals surface area contributed by atoms with Crippen molar-refractivity contribution in [1.29, 1.82) is 0 Å². The maximum Gasteiger partial charge on any atom is 0.194 e. The minimum Gasteiger partial charge on any atom is -0.378 e. The molecular formula is C33H36N6OS. The topological polar surface area (TPSA) is 57.7 Å². The Morgan fingerprint density at radius 3 is 2.46 bits per heavy atom. The van der Waals surface area contributed by atoms with Crippen molar-refractivity contribution >= 4 is 40.5 Å². The average Bonchev–Trinajstić information content (AvgIpc) is 3.73. The van der Waals surface area contributed by atoms with Crippen LogP contribution in [0.4, 0.5) is 5.69 Å². The van der Waals surface area contributed by atoms with E-state index in [0.717, 1.165) is 74.1 Å². The maximum absolute atomic E-state index is 5.67.